The molecule has 2 heteroatoms. The molecule has 0 aromatic rings. The summed E-state index contributed by atoms with van der Waals surface area (Å²) >= 11 is 2.06. The van der Waals surface area contributed by atoms with Crippen molar-refractivity contribution in [2.75, 3.05) is 13.6 Å². The molecule has 1 heterocycles. The van der Waals surface area contributed by atoms with Crippen LogP contribution in [0.4, 0.5) is 0 Å². The van der Waals surface area contributed by atoms with Crippen LogP contribution >= 0.6 is 11.8 Å². The van der Waals surface area contributed by atoms with Gasteiger partial charge in [-0.15, -0.1) is 11.8 Å². The zero-order valence-electron chi connectivity index (χ0n) is 7.56. The predicted octanol–water partition coefficient (Wildman–Crippen LogP) is 2.18. The second kappa shape index (κ2) is 2.15. The highest BCUT2D eigenvalue weighted by Crippen LogP contribution is 2.45. The predicted molar refractivity (Wildman–Crippen MR) is 48.4 cm³/mol. The maximum absolute atomic E-state index is 2.41. The van der Waals surface area contributed by atoms with Crippen LogP contribution in [0.1, 0.15) is 27.7 Å². The van der Waals surface area contributed by atoms with Gasteiger partial charge in [0.15, 0.2) is 0 Å². The molecule has 1 aliphatic heterocycles. The first-order valence-electron chi connectivity index (χ1n) is 3.75. The van der Waals surface area contributed by atoms with Gasteiger partial charge < -0.3 is 0 Å². The maximum atomic E-state index is 2.41. The van der Waals surface area contributed by atoms with Crippen molar-refractivity contribution < 1.29 is 0 Å². The van der Waals surface area contributed by atoms with Crippen molar-refractivity contribution in [3.63, 3.8) is 0 Å². The molecular formula is C8H17NS. The van der Waals surface area contributed by atoms with Crippen molar-refractivity contribution in [2.24, 2.45) is 0 Å². The van der Waals surface area contributed by atoms with Gasteiger partial charge in [-0.1, -0.05) is 0 Å². The lowest BCUT2D eigenvalue weighted by atomic mass is 10.2. The zero-order chi connectivity index (χ0) is 7.99. The number of hydrogen-bond donors (Lipinski definition) is 0. The van der Waals surface area contributed by atoms with E-state index in [0.29, 0.717) is 9.62 Å². The summed E-state index contributed by atoms with van der Waals surface area (Å²) in [5.74, 6) is 0. The van der Waals surface area contributed by atoms with Gasteiger partial charge in [0.1, 0.15) is 0 Å². The standard InChI is InChI=1S/C8H17NS/c1-7(2)6-9(5)8(3,4)10-7/h6H2,1-5H3. The topological polar surface area (TPSA) is 3.24 Å². The summed E-state index contributed by atoms with van der Waals surface area (Å²) in [5, 5.41) is 0. The lowest BCUT2D eigenvalue weighted by molar-refractivity contribution is 0.258. The Labute approximate surface area is 68.2 Å². The Morgan fingerprint density at radius 3 is 1.80 bits per heavy atom. The van der Waals surface area contributed by atoms with E-state index in [1.165, 1.54) is 6.54 Å². The second-order valence-corrected chi connectivity index (χ2v) is 6.47. The van der Waals surface area contributed by atoms with Crippen LogP contribution in [0.5, 0.6) is 0 Å². The van der Waals surface area contributed by atoms with Gasteiger partial charge in [0.2, 0.25) is 0 Å². The van der Waals surface area contributed by atoms with Crippen LogP contribution in [-0.2, 0) is 0 Å². The highest BCUT2D eigenvalue weighted by atomic mass is 32.2. The molecule has 0 amide bonds. The summed E-state index contributed by atoms with van der Waals surface area (Å²) in [6.07, 6.45) is 0. The highest BCUT2D eigenvalue weighted by Gasteiger charge is 2.41. The summed E-state index contributed by atoms with van der Waals surface area (Å²) in [4.78, 5) is 2.75. The van der Waals surface area contributed by atoms with E-state index in [0.717, 1.165) is 0 Å². The van der Waals surface area contributed by atoms with Crippen molar-refractivity contribution in [2.45, 2.75) is 37.3 Å². The minimum absolute atomic E-state index is 0.337. The van der Waals surface area contributed by atoms with Crippen molar-refractivity contribution in [3.05, 3.63) is 0 Å². The quantitative estimate of drug-likeness (QED) is 0.533. The van der Waals surface area contributed by atoms with E-state index in [4.69, 9.17) is 0 Å². The molecule has 1 rings (SSSR count). The van der Waals surface area contributed by atoms with Gasteiger partial charge in [-0.05, 0) is 34.7 Å². The van der Waals surface area contributed by atoms with E-state index in [-0.39, 0.29) is 0 Å². The Kier molecular flexibility index (Phi) is 1.80. The molecule has 0 radical (unpaired) electrons. The molecule has 0 unspecified atom stereocenters. The van der Waals surface area contributed by atoms with E-state index in [1.807, 2.05) is 0 Å². The first-order chi connectivity index (χ1) is 4.33. The Hall–Kier alpha value is 0.310. The van der Waals surface area contributed by atoms with E-state index in [2.05, 4.69) is 51.4 Å². The van der Waals surface area contributed by atoms with Crippen molar-refractivity contribution >= 4 is 11.8 Å². The summed E-state index contributed by atoms with van der Waals surface area (Å²) in [6.45, 7) is 10.4. The number of rotatable bonds is 0. The minimum Gasteiger partial charge on any atom is -0.291 e. The fourth-order valence-corrected chi connectivity index (χ4v) is 3.38. The molecule has 1 fully saturated rings. The van der Waals surface area contributed by atoms with Crippen molar-refractivity contribution in [3.8, 4) is 0 Å². The molecule has 0 atom stereocenters. The molecule has 10 heavy (non-hydrogen) atoms. The van der Waals surface area contributed by atoms with Crippen LogP contribution < -0.4 is 0 Å². The Morgan fingerprint density at radius 2 is 1.70 bits per heavy atom. The van der Waals surface area contributed by atoms with Gasteiger partial charge in [0.25, 0.3) is 0 Å². The van der Waals surface area contributed by atoms with Crippen LogP contribution in [-0.4, -0.2) is 28.1 Å². The highest BCUT2D eigenvalue weighted by molar-refractivity contribution is 8.02. The third-order valence-corrected chi connectivity index (χ3v) is 3.56. The molecule has 0 bridgehead atoms. The lowest BCUT2D eigenvalue weighted by Crippen LogP contribution is -2.33. The normalized spacial score (nSPS) is 30.9. The van der Waals surface area contributed by atoms with Gasteiger partial charge in [0.05, 0.1) is 4.87 Å². The molecule has 1 saturated heterocycles. The molecule has 0 aliphatic carbocycles. The molecule has 0 aromatic heterocycles. The maximum Gasteiger partial charge on any atom is 0.0616 e. The average Bonchev–Trinajstić information content (AvgIpc) is 1.73. The summed E-state index contributed by atoms with van der Waals surface area (Å²) in [6, 6.07) is 0. The van der Waals surface area contributed by atoms with Crippen LogP contribution in [0.3, 0.4) is 0 Å². The summed E-state index contributed by atoms with van der Waals surface area (Å²) < 4.78 is 0.443. The fraction of sp³-hybridized carbons (Fsp3) is 1.00. The Morgan fingerprint density at radius 1 is 1.20 bits per heavy atom. The van der Waals surface area contributed by atoms with E-state index in [1.54, 1.807) is 0 Å². The van der Waals surface area contributed by atoms with Gasteiger partial charge in [0, 0.05) is 11.3 Å². The van der Waals surface area contributed by atoms with E-state index < -0.39 is 0 Å². The van der Waals surface area contributed by atoms with Gasteiger partial charge in [-0.2, -0.15) is 0 Å². The van der Waals surface area contributed by atoms with Crippen molar-refractivity contribution in [1.82, 2.24) is 4.90 Å². The minimum atomic E-state index is 0.337. The first-order valence-corrected chi connectivity index (χ1v) is 4.57. The Balaban J connectivity index is 2.71. The number of hydrogen-bond acceptors (Lipinski definition) is 2. The van der Waals surface area contributed by atoms with Crippen LogP contribution in [0.15, 0.2) is 0 Å². The molecule has 0 saturated carbocycles. The van der Waals surface area contributed by atoms with Crippen LogP contribution in [0.25, 0.3) is 0 Å². The van der Waals surface area contributed by atoms with Crippen LogP contribution in [0, 0.1) is 0 Å². The SMILES string of the molecule is CN1CC(C)(C)SC1(C)C. The summed E-state index contributed by atoms with van der Waals surface area (Å²) in [7, 11) is 2.20. The lowest BCUT2D eigenvalue weighted by Gasteiger charge is -2.25. The fourth-order valence-electron chi connectivity index (χ4n) is 1.55. The molecule has 60 valence electrons. The molecule has 1 nitrogen and oxygen atoms in total. The number of thioether (sulfide) groups is 1. The smallest absolute Gasteiger partial charge is 0.0616 e. The van der Waals surface area contributed by atoms with Gasteiger partial charge in [-0.25, -0.2) is 0 Å². The number of nitrogens with zero attached hydrogens (tertiary/aromatic N) is 1. The van der Waals surface area contributed by atoms with Gasteiger partial charge in [-0.3, -0.25) is 4.90 Å². The van der Waals surface area contributed by atoms with E-state index >= 15 is 0 Å². The summed E-state index contributed by atoms with van der Waals surface area (Å²) in [5.41, 5.74) is 0. The Bertz CT molecular complexity index is 140. The largest absolute Gasteiger partial charge is 0.291 e. The first kappa shape index (κ1) is 8.41. The van der Waals surface area contributed by atoms with Crippen molar-refractivity contribution in [1.29, 1.82) is 0 Å². The second-order valence-electron chi connectivity index (χ2n) is 4.16. The molecule has 1 aliphatic rings. The van der Waals surface area contributed by atoms with Crippen LogP contribution in [0.2, 0.25) is 0 Å². The average molecular weight is 159 g/mol. The molecule has 0 aromatic carbocycles. The monoisotopic (exact) mass is 159 g/mol. The zero-order valence-corrected chi connectivity index (χ0v) is 8.38. The molecule has 0 N–H and O–H groups in total. The molecular weight excluding hydrogens is 142 g/mol. The third-order valence-electron chi connectivity index (χ3n) is 2.06. The van der Waals surface area contributed by atoms with E-state index in [9.17, 15) is 0 Å². The third kappa shape index (κ3) is 1.48. The van der Waals surface area contributed by atoms with Gasteiger partial charge >= 0.3 is 0 Å². The molecule has 0 spiro atoms.